The number of carbonyl (C=O) groups is 2. The lowest BCUT2D eigenvalue weighted by molar-refractivity contribution is -0.151. The van der Waals surface area contributed by atoms with Gasteiger partial charge in [-0.1, -0.05) is 44.2 Å². The van der Waals surface area contributed by atoms with Gasteiger partial charge in [0.2, 0.25) is 0 Å². The first-order chi connectivity index (χ1) is 12.6. The molecule has 0 saturated carbocycles. The van der Waals surface area contributed by atoms with E-state index in [0.29, 0.717) is 22.7 Å². The van der Waals surface area contributed by atoms with Crippen molar-refractivity contribution in [1.82, 2.24) is 5.32 Å². The van der Waals surface area contributed by atoms with Gasteiger partial charge < -0.3 is 10.1 Å². The van der Waals surface area contributed by atoms with Crippen LogP contribution in [0.2, 0.25) is 5.02 Å². The molecule has 1 aromatic rings. The summed E-state index contributed by atoms with van der Waals surface area (Å²) >= 11 is 6.21. The van der Waals surface area contributed by atoms with Crippen molar-refractivity contribution < 1.29 is 14.3 Å². The Hall–Kier alpha value is -2.07. The van der Waals surface area contributed by atoms with E-state index in [1.165, 1.54) is 0 Å². The molecule has 27 heavy (non-hydrogen) atoms. The topological polar surface area (TPSA) is 55.4 Å². The maximum Gasteiger partial charge on any atom is 0.316 e. The largest absolute Gasteiger partial charge is 0.462 e. The van der Waals surface area contributed by atoms with Gasteiger partial charge in [-0.2, -0.15) is 0 Å². The Bertz CT molecular complexity index is 838. The lowest BCUT2D eigenvalue weighted by Crippen LogP contribution is -2.44. The summed E-state index contributed by atoms with van der Waals surface area (Å²) in [6, 6.07) is 7.34. The Labute approximate surface area is 165 Å². The van der Waals surface area contributed by atoms with Crippen LogP contribution in [0.4, 0.5) is 0 Å². The van der Waals surface area contributed by atoms with Crippen molar-refractivity contribution in [3.05, 3.63) is 58.4 Å². The van der Waals surface area contributed by atoms with Crippen molar-refractivity contribution in [1.29, 1.82) is 0 Å². The molecule has 0 radical (unpaired) electrons. The van der Waals surface area contributed by atoms with Crippen LogP contribution in [0.3, 0.4) is 0 Å². The highest BCUT2D eigenvalue weighted by Gasteiger charge is 2.46. The number of ketones is 1. The van der Waals surface area contributed by atoms with E-state index in [9.17, 15) is 9.59 Å². The normalized spacial score (nSPS) is 24.5. The number of ether oxygens (including phenoxy) is 1. The summed E-state index contributed by atoms with van der Waals surface area (Å²) in [4.78, 5) is 26.0. The fourth-order valence-electron chi connectivity index (χ4n) is 4.09. The Balaban J connectivity index is 2.16. The molecule has 1 heterocycles. The second kappa shape index (κ2) is 7.16. The summed E-state index contributed by atoms with van der Waals surface area (Å²) in [5.41, 5.74) is 2.79. The predicted octanol–water partition coefficient (Wildman–Crippen LogP) is 4.75. The molecule has 1 aliphatic heterocycles. The van der Waals surface area contributed by atoms with Crippen molar-refractivity contribution in [3.8, 4) is 0 Å². The zero-order chi connectivity index (χ0) is 19.9. The molecule has 1 aliphatic carbocycles. The lowest BCUT2D eigenvalue weighted by atomic mass is 9.66. The summed E-state index contributed by atoms with van der Waals surface area (Å²) in [5.74, 6) is -1.43. The van der Waals surface area contributed by atoms with Crippen LogP contribution in [0.1, 0.15) is 52.0 Å². The van der Waals surface area contributed by atoms with Gasteiger partial charge in [-0.3, -0.25) is 9.59 Å². The average Bonchev–Trinajstić information content (AvgIpc) is 2.51. The molecule has 0 aromatic heterocycles. The molecule has 2 atom stereocenters. The fraction of sp³-hybridized carbons (Fsp3) is 0.455. The Kier molecular flexibility index (Phi) is 5.22. The van der Waals surface area contributed by atoms with Gasteiger partial charge >= 0.3 is 5.97 Å². The van der Waals surface area contributed by atoms with Gasteiger partial charge in [-0.05, 0) is 43.4 Å². The van der Waals surface area contributed by atoms with E-state index in [-0.39, 0.29) is 23.3 Å². The number of carbonyl (C=O) groups excluding carboxylic acids is 2. The van der Waals surface area contributed by atoms with Crippen LogP contribution in [0, 0.1) is 11.3 Å². The predicted molar refractivity (Wildman–Crippen MR) is 106 cm³/mol. The summed E-state index contributed by atoms with van der Waals surface area (Å²) in [5, 5.41) is 3.82. The third-order valence-corrected chi connectivity index (χ3v) is 5.30. The minimum Gasteiger partial charge on any atom is -0.462 e. The van der Waals surface area contributed by atoms with Gasteiger partial charge in [-0.15, -0.1) is 0 Å². The fourth-order valence-corrected chi connectivity index (χ4v) is 4.29. The molecule has 144 valence electrons. The number of nitrogens with one attached hydrogen (secondary N) is 1. The van der Waals surface area contributed by atoms with E-state index >= 15 is 0 Å². The summed E-state index contributed by atoms with van der Waals surface area (Å²) < 4.78 is 5.49. The van der Waals surface area contributed by atoms with E-state index in [2.05, 4.69) is 25.7 Å². The Morgan fingerprint density at radius 2 is 2.04 bits per heavy atom. The molecule has 0 amide bonds. The number of benzene rings is 1. The van der Waals surface area contributed by atoms with Gasteiger partial charge in [0, 0.05) is 34.3 Å². The lowest BCUT2D eigenvalue weighted by Gasteiger charge is -2.42. The van der Waals surface area contributed by atoms with Crippen molar-refractivity contribution in [2.45, 2.75) is 52.6 Å². The van der Waals surface area contributed by atoms with E-state index in [4.69, 9.17) is 16.3 Å². The first-order valence-electron chi connectivity index (χ1n) is 9.27. The Morgan fingerprint density at radius 1 is 1.33 bits per heavy atom. The van der Waals surface area contributed by atoms with Crippen LogP contribution in [0.15, 0.2) is 47.8 Å². The SMILES string of the molecule is C=C1NC2=C(C(=O)CC(C)(C)C2)C(c2cccc(Cl)c2)C1C(=O)OC(C)C. The first kappa shape index (κ1) is 19.7. The number of halogens is 1. The minimum atomic E-state index is -0.672. The zero-order valence-corrected chi connectivity index (χ0v) is 17.0. The molecule has 3 rings (SSSR count). The van der Waals surface area contributed by atoms with Crippen molar-refractivity contribution >= 4 is 23.4 Å². The standard InChI is InChI=1S/C22H26ClNO3/c1-12(2)27-21(26)18-13(3)24-16-10-22(4,5)11-17(25)20(16)19(18)14-7-6-8-15(23)9-14/h6-9,12,18-19,24H,3,10-11H2,1-2,4-5H3. The van der Waals surface area contributed by atoms with E-state index in [1.54, 1.807) is 6.07 Å². The number of allylic oxidation sites excluding steroid dienone is 2. The third-order valence-electron chi connectivity index (χ3n) is 5.06. The highest BCUT2D eigenvalue weighted by molar-refractivity contribution is 6.30. The molecule has 4 nitrogen and oxygen atoms in total. The van der Waals surface area contributed by atoms with E-state index < -0.39 is 11.8 Å². The smallest absolute Gasteiger partial charge is 0.316 e. The quantitative estimate of drug-likeness (QED) is 0.760. The van der Waals surface area contributed by atoms with Gasteiger partial charge in [-0.25, -0.2) is 0 Å². The van der Waals surface area contributed by atoms with Crippen LogP contribution in [-0.4, -0.2) is 17.9 Å². The molecular formula is C22H26ClNO3. The van der Waals surface area contributed by atoms with E-state index in [0.717, 1.165) is 17.7 Å². The second-order valence-electron chi connectivity index (χ2n) is 8.48. The van der Waals surface area contributed by atoms with Crippen molar-refractivity contribution in [2.75, 3.05) is 0 Å². The Morgan fingerprint density at radius 3 is 2.67 bits per heavy atom. The summed E-state index contributed by atoms with van der Waals surface area (Å²) in [6.07, 6.45) is 0.931. The van der Waals surface area contributed by atoms with E-state index in [1.807, 2.05) is 32.0 Å². The third kappa shape index (κ3) is 3.96. The zero-order valence-electron chi connectivity index (χ0n) is 16.3. The van der Waals surface area contributed by atoms with Crippen molar-refractivity contribution in [2.24, 2.45) is 11.3 Å². The highest BCUT2D eigenvalue weighted by Crippen LogP contribution is 2.48. The molecular weight excluding hydrogens is 362 g/mol. The monoisotopic (exact) mass is 387 g/mol. The maximum atomic E-state index is 13.1. The van der Waals surface area contributed by atoms with Crippen molar-refractivity contribution in [3.63, 3.8) is 0 Å². The molecule has 5 heteroatoms. The van der Waals surface area contributed by atoms with Crippen LogP contribution >= 0.6 is 11.6 Å². The van der Waals surface area contributed by atoms with Gasteiger partial charge in [0.25, 0.3) is 0 Å². The van der Waals surface area contributed by atoms with Crippen LogP contribution in [0.25, 0.3) is 0 Å². The highest BCUT2D eigenvalue weighted by atomic mass is 35.5. The molecule has 2 unspecified atom stereocenters. The molecule has 0 saturated heterocycles. The average molecular weight is 388 g/mol. The molecule has 0 bridgehead atoms. The number of hydrogen-bond donors (Lipinski definition) is 1. The van der Waals surface area contributed by atoms with Gasteiger partial charge in [0.1, 0.15) is 5.92 Å². The summed E-state index contributed by atoms with van der Waals surface area (Å²) in [6.45, 7) is 11.9. The van der Waals surface area contributed by atoms with Crippen LogP contribution < -0.4 is 5.32 Å². The number of hydrogen-bond acceptors (Lipinski definition) is 4. The molecule has 1 N–H and O–H groups in total. The minimum absolute atomic E-state index is 0.0635. The summed E-state index contributed by atoms with van der Waals surface area (Å²) in [7, 11) is 0. The molecule has 0 spiro atoms. The van der Waals surface area contributed by atoms with Gasteiger partial charge in [0.15, 0.2) is 5.78 Å². The molecule has 2 aliphatic rings. The second-order valence-corrected chi connectivity index (χ2v) is 8.92. The first-order valence-corrected chi connectivity index (χ1v) is 9.65. The number of rotatable bonds is 3. The molecule has 0 fully saturated rings. The number of Topliss-reactive ketones (excluding diaryl/α,β-unsaturated/α-hetero) is 1. The van der Waals surface area contributed by atoms with Crippen LogP contribution in [0.5, 0.6) is 0 Å². The number of esters is 1. The van der Waals surface area contributed by atoms with Gasteiger partial charge in [0.05, 0.1) is 6.10 Å². The maximum absolute atomic E-state index is 13.1. The van der Waals surface area contributed by atoms with Crippen LogP contribution in [-0.2, 0) is 14.3 Å². The molecule has 1 aromatic carbocycles.